The van der Waals surface area contributed by atoms with Gasteiger partial charge in [0.1, 0.15) is 11.6 Å². The molecule has 0 saturated heterocycles. The molecule has 4 nitrogen and oxygen atoms in total. The van der Waals surface area contributed by atoms with Gasteiger partial charge in [0, 0.05) is 0 Å². The van der Waals surface area contributed by atoms with E-state index in [9.17, 15) is 13.2 Å². The summed E-state index contributed by atoms with van der Waals surface area (Å²) in [5.41, 5.74) is 5.51. The maximum Gasteiger partial charge on any atom is 0.416 e. The van der Waals surface area contributed by atoms with Gasteiger partial charge in [-0.2, -0.15) is 18.4 Å². The van der Waals surface area contributed by atoms with Crippen LogP contribution in [0.1, 0.15) is 16.8 Å². The van der Waals surface area contributed by atoms with Crippen LogP contribution in [0.2, 0.25) is 5.02 Å². The first kappa shape index (κ1) is 14.2. The largest absolute Gasteiger partial charge is 0.416 e. The van der Waals surface area contributed by atoms with Gasteiger partial charge in [0.05, 0.1) is 22.0 Å². The minimum Gasteiger partial charge on any atom is -0.381 e. The average molecular weight is 301 g/mol. The fourth-order valence-corrected chi connectivity index (χ4v) is 2.01. The second-order valence-corrected chi connectivity index (χ2v) is 4.44. The number of aromatic nitrogens is 2. The first-order valence-corrected chi connectivity index (χ1v) is 5.76. The normalized spacial score (nSPS) is 11.4. The number of halogens is 4. The lowest BCUT2D eigenvalue weighted by molar-refractivity contribution is -0.137. The first-order chi connectivity index (χ1) is 9.25. The third-order valence-electron chi connectivity index (χ3n) is 2.76. The number of nitrogen functional groups attached to an aromatic ring is 1. The van der Waals surface area contributed by atoms with Gasteiger partial charge in [-0.05, 0) is 25.1 Å². The summed E-state index contributed by atoms with van der Waals surface area (Å²) in [5.74, 6) is 0.000893. The number of hydrogen-bond acceptors (Lipinski definition) is 3. The van der Waals surface area contributed by atoms with Crippen LogP contribution < -0.4 is 5.73 Å². The van der Waals surface area contributed by atoms with Crippen LogP contribution in [0.3, 0.4) is 0 Å². The maximum absolute atomic E-state index is 12.6. The Kier molecular flexibility index (Phi) is 3.36. The summed E-state index contributed by atoms with van der Waals surface area (Å²) in [7, 11) is 0. The molecule has 0 saturated carbocycles. The summed E-state index contributed by atoms with van der Waals surface area (Å²) < 4.78 is 38.9. The summed E-state index contributed by atoms with van der Waals surface area (Å²) in [5, 5.41) is 12.7. The predicted octanol–water partition coefficient (Wildman–Crippen LogP) is 3.31. The number of benzene rings is 1. The van der Waals surface area contributed by atoms with Crippen molar-refractivity contribution in [1.29, 1.82) is 5.26 Å². The molecule has 104 valence electrons. The van der Waals surface area contributed by atoms with Crippen molar-refractivity contribution in [2.45, 2.75) is 13.1 Å². The topological polar surface area (TPSA) is 67.6 Å². The van der Waals surface area contributed by atoms with Crippen molar-refractivity contribution in [3.8, 4) is 11.8 Å². The van der Waals surface area contributed by atoms with Crippen LogP contribution in [0, 0.1) is 18.3 Å². The fraction of sp³-hybridized carbons (Fsp3) is 0.167. The maximum atomic E-state index is 12.6. The number of nitriles is 1. The molecule has 1 aromatic heterocycles. The molecule has 0 aliphatic rings. The molecule has 1 heterocycles. The molecule has 0 atom stereocenters. The third kappa shape index (κ3) is 2.30. The van der Waals surface area contributed by atoms with Crippen LogP contribution in [-0.2, 0) is 6.18 Å². The van der Waals surface area contributed by atoms with Crippen LogP contribution in [-0.4, -0.2) is 9.78 Å². The Hall–Kier alpha value is -2.20. The summed E-state index contributed by atoms with van der Waals surface area (Å²) in [6.07, 6.45) is -4.47. The molecule has 0 bridgehead atoms. The average Bonchev–Trinajstić information content (AvgIpc) is 2.63. The van der Waals surface area contributed by atoms with E-state index in [0.29, 0.717) is 5.69 Å². The van der Waals surface area contributed by atoms with Crippen molar-refractivity contribution in [3.63, 3.8) is 0 Å². The molecule has 8 heteroatoms. The van der Waals surface area contributed by atoms with Crippen LogP contribution in [0.5, 0.6) is 0 Å². The van der Waals surface area contributed by atoms with Gasteiger partial charge >= 0.3 is 6.18 Å². The van der Waals surface area contributed by atoms with E-state index >= 15 is 0 Å². The Balaban J connectivity index is 2.58. The van der Waals surface area contributed by atoms with Crippen LogP contribution in [0.25, 0.3) is 5.69 Å². The monoisotopic (exact) mass is 300 g/mol. The van der Waals surface area contributed by atoms with E-state index in [4.69, 9.17) is 22.6 Å². The van der Waals surface area contributed by atoms with Gasteiger partial charge in [-0.15, -0.1) is 5.10 Å². The van der Waals surface area contributed by atoms with Gasteiger partial charge in [0.25, 0.3) is 0 Å². The van der Waals surface area contributed by atoms with Gasteiger partial charge < -0.3 is 5.73 Å². The molecular weight excluding hydrogens is 293 g/mol. The Labute approximate surface area is 117 Å². The number of anilines is 1. The van der Waals surface area contributed by atoms with E-state index in [0.717, 1.165) is 12.1 Å². The standard InChI is InChI=1S/C12H8ClF3N4/c1-6-8(5-17)11(18)19-20(6)10-3-2-7(4-9(10)13)12(14,15)16/h2-4H,1H3,(H2,18,19). The second kappa shape index (κ2) is 4.72. The van der Waals surface area contributed by atoms with Crippen molar-refractivity contribution < 1.29 is 13.2 Å². The number of hydrogen-bond donors (Lipinski definition) is 1. The zero-order chi connectivity index (χ0) is 15.1. The lowest BCUT2D eigenvalue weighted by atomic mass is 10.2. The van der Waals surface area contributed by atoms with Gasteiger partial charge in [-0.3, -0.25) is 0 Å². The molecule has 2 aromatic rings. The molecule has 0 aliphatic heterocycles. The van der Waals surface area contributed by atoms with E-state index in [1.807, 2.05) is 6.07 Å². The van der Waals surface area contributed by atoms with Crippen LogP contribution >= 0.6 is 11.6 Å². The molecule has 2 N–H and O–H groups in total. The molecule has 20 heavy (non-hydrogen) atoms. The van der Waals surface area contributed by atoms with Gasteiger partial charge in [-0.1, -0.05) is 11.6 Å². The summed E-state index contributed by atoms with van der Waals surface area (Å²) in [6, 6.07) is 4.76. The number of nitrogens with zero attached hydrogens (tertiary/aromatic N) is 3. The van der Waals surface area contributed by atoms with Crippen molar-refractivity contribution >= 4 is 17.4 Å². The third-order valence-corrected chi connectivity index (χ3v) is 3.06. The second-order valence-electron chi connectivity index (χ2n) is 4.03. The van der Waals surface area contributed by atoms with Crippen molar-refractivity contribution in [2.75, 3.05) is 5.73 Å². The van der Waals surface area contributed by atoms with Gasteiger partial charge in [-0.25, -0.2) is 4.68 Å². The SMILES string of the molecule is Cc1c(C#N)c(N)nn1-c1ccc(C(F)(F)F)cc1Cl. The molecule has 2 rings (SSSR count). The van der Waals surface area contributed by atoms with Crippen molar-refractivity contribution in [2.24, 2.45) is 0 Å². The molecule has 0 spiro atoms. The van der Waals surface area contributed by atoms with Gasteiger partial charge in [0.2, 0.25) is 0 Å². The molecule has 0 unspecified atom stereocenters. The highest BCUT2D eigenvalue weighted by atomic mass is 35.5. The minimum atomic E-state index is -4.47. The molecule has 0 amide bonds. The van der Waals surface area contributed by atoms with Crippen molar-refractivity contribution in [3.05, 3.63) is 40.0 Å². The van der Waals surface area contributed by atoms with E-state index < -0.39 is 11.7 Å². The van der Waals surface area contributed by atoms with E-state index in [1.54, 1.807) is 6.92 Å². The van der Waals surface area contributed by atoms with E-state index in [2.05, 4.69) is 5.10 Å². The predicted molar refractivity (Wildman–Crippen MR) is 67.4 cm³/mol. The Bertz CT molecular complexity index is 713. The summed E-state index contributed by atoms with van der Waals surface area (Å²) in [4.78, 5) is 0. The van der Waals surface area contributed by atoms with Gasteiger partial charge in [0.15, 0.2) is 5.82 Å². The number of nitrogens with two attached hydrogens (primary N) is 1. The Morgan fingerprint density at radius 3 is 2.50 bits per heavy atom. The zero-order valence-electron chi connectivity index (χ0n) is 10.2. The minimum absolute atomic E-state index is 0.000893. The molecule has 0 aliphatic carbocycles. The van der Waals surface area contributed by atoms with Crippen molar-refractivity contribution in [1.82, 2.24) is 9.78 Å². The van der Waals surface area contributed by atoms with E-state index in [1.165, 1.54) is 10.7 Å². The summed E-state index contributed by atoms with van der Waals surface area (Å²) >= 11 is 5.86. The Morgan fingerprint density at radius 1 is 1.40 bits per heavy atom. The highest BCUT2D eigenvalue weighted by Crippen LogP contribution is 2.33. The molecule has 0 radical (unpaired) electrons. The highest BCUT2D eigenvalue weighted by molar-refractivity contribution is 6.32. The van der Waals surface area contributed by atoms with Crippen LogP contribution in [0.4, 0.5) is 19.0 Å². The van der Waals surface area contributed by atoms with Crippen LogP contribution in [0.15, 0.2) is 18.2 Å². The molecule has 1 aromatic carbocycles. The lowest BCUT2D eigenvalue weighted by Crippen LogP contribution is -2.07. The summed E-state index contributed by atoms with van der Waals surface area (Å²) in [6.45, 7) is 1.58. The van der Waals surface area contributed by atoms with E-state index in [-0.39, 0.29) is 22.1 Å². The fourth-order valence-electron chi connectivity index (χ4n) is 1.75. The number of rotatable bonds is 1. The Morgan fingerprint density at radius 2 is 2.05 bits per heavy atom. The first-order valence-electron chi connectivity index (χ1n) is 5.38. The highest BCUT2D eigenvalue weighted by Gasteiger charge is 2.31. The molecule has 0 fully saturated rings. The quantitative estimate of drug-likeness (QED) is 0.878. The lowest BCUT2D eigenvalue weighted by Gasteiger charge is -2.11. The zero-order valence-corrected chi connectivity index (χ0v) is 10.9. The smallest absolute Gasteiger partial charge is 0.381 e. The number of alkyl halides is 3. The molecular formula is C12H8ClF3N4.